The molecule has 2 fully saturated rings. The number of hydrogen-bond donors (Lipinski definition) is 0. The lowest BCUT2D eigenvalue weighted by atomic mass is 9.89. The lowest BCUT2D eigenvalue weighted by Crippen LogP contribution is -2.48. The summed E-state index contributed by atoms with van der Waals surface area (Å²) in [6.07, 6.45) is 4.15. The van der Waals surface area contributed by atoms with Crippen molar-refractivity contribution < 1.29 is 0 Å². The van der Waals surface area contributed by atoms with Gasteiger partial charge in [-0.25, -0.2) is 0 Å². The highest BCUT2D eigenvalue weighted by atomic mass is 15.3. The van der Waals surface area contributed by atoms with Crippen molar-refractivity contribution in [1.29, 1.82) is 0 Å². The summed E-state index contributed by atoms with van der Waals surface area (Å²) < 4.78 is 0. The molecule has 0 radical (unpaired) electrons. The molecule has 0 aromatic carbocycles. The van der Waals surface area contributed by atoms with E-state index in [4.69, 9.17) is 0 Å². The number of piperazine rings is 2. The lowest BCUT2D eigenvalue weighted by Gasteiger charge is -2.37. The quantitative estimate of drug-likeness (QED) is 0.602. The van der Waals surface area contributed by atoms with Gasteiger partial charge in [0.25, 0.3) is 0 Å². The summed E-state index contributed by atoms with van der Waals surface area (Å²) in [6, 6.07) is 0.711. The molecule has 0 spiro atoms. The molecule has 0 aliphatic carbocycles. The molecule has 2 saturated heterocycles. The summed E-state index contributed by atoms with van der Waals surface area (Å²) >= 11 is 0. The largest absolute Gasteiger partial charge is 0.304 e. The van der Waals surface area contributed by atoms with E-state index in [9.17, 15) is 0 Å². The van der Waals surface area contributed by atoms with Crippen LogP contribution in [0, 0.1) is 11.8 Å². The molecule has 2 aliphatic heterocycles. The predicted octanol–water partition coefficient (Wildman–Crippen LogP) is 3.73. The molecule has 2 aliphatic rings. The van der Waals surface area contributed by atoms with Crippen LogP contribution in [0.1, 0.15) is 60.8 Å². The van der Waals surface area contributed by atoms with E-state index in [0.717, 1.165) is 11.8 Å². The van der Waals surface area contributed by atoms with E-state index in [-0.39, 0.29) is 0 Å². The van der Waals surface area contributed by atoms with Crippen LogP contribution < -0.4 is 0 Å². The van der Waals surface area contributed by atoms with Crippen LogP contribution in [-0.2, 0) is 0 Å². The van der Waals surface area contributed by atoms with Crippen LogP contribution in [0.5, 0.6) is 0 Å². The molecule has 0 saturated carbocycles. The molecule has 27 heavy (non-hydrogen) atoms. The van der Waals surface area contributed by atoms with Crippen molar-refractivity contribution in [3.63, 3.8) is 0 Å². The Balaban J connectivity index is 0.00000176. The minimum Gasteiger partial charge on any atom is -0.304 e. The van der Waals surface area contributed by atoms with Gasteiger partial charge in [0.1, 0.15) is 0 Å². The van der Waals surface area contributed by atoms with Gasteiger partial charge >= 0.3 is 0 Å². The van der Waals surface area contributed by atoms with Gasteiger partial charge in [0, 0.05) is 58.4 Å². The average Bonchev–Trinajstić information content (AvgIpc) is 2.69. The normalized spacial score (nSPS) is 23.1. The van der Waals surface area contributed by atoms with E-state index < -0.39 is 0 Å². The maximum Gasteiger partial charge on any atom is 0.0113 e. The third kappa shape index (κ3) is 9.74. The molecule has 162 valence electrons. The van der Waals surface area contributed by atoms with Crippen LogP contribution in [0.2, 0.25) is 0 Å². The highest BCUT2D eigenvalue weighted by molar-refractivity contribution is 4.75. The van der Waals surface area contributed by atoms with E-state index >= 15 is 0 Å². The average molecular weight is 383 g/mol. The minimum absolute atomic E-state index is 0.711. The molecule has 4 heteroatoms. The summed E-state index contributed by atoms with van der Waals surface area (Å²) in [4.78, 5) is 10.4. The topological polar surface area (TPSA) is 13.0 Å². The van der Waals surface area contributed by atoms with Gasteiger partial charge in [0.15, 0.2) is 0 Å². The van der Waals surface area contributed by atoms with Crippen LogP contribution >= 0.6 is 0 Å². The van der Waals surface area contributed by atoms with E-state index in [2.05, 4.69) is 54.3 Å². The molecule has 4 nitrogen and oxygen atoms in total. The zero-order valence-corrected chi connectivity index (χ0v) is 19.7. The van der Waals surface area contributed by atoms with Crippen molar-refractivity contribution in [2.75, 3.05) is 72.5 Å². The molecule has 2 atom stereocenters. The Morgan fingerprint density at radius 3 is 1.67 bits per heavy atom. The number of rotatable bonds is 9. The van der Waals surface area contributed by atoms with E-state index in [1.165, 1.54) is 84.7 Å². The second-order valence-electron chi connectivity index (χ2n) is 9.00. The highest BCUT2D eigenvalue weighted by Gasteiger charge is 2.20. The van der Waals surface area contributed by atoms with Gasteiger partial charge in [-0.3, -0.25) is 4.90 Å². The fraction of sp³-hybridized carbons (Fsp3) is 1.00. The summed E-state index contributed by atoms with van der Waals surface area (Å²) in [5, 5.41) is 0. The van der Waals surface area contributed by atoms with Gasteiger partial charge in [0.05, 0.1) is 0 Å². The van der Waals surface area contributed by atoms with Crippen LogP contribution in [-0.4, -0.2) is 98.1 Å². The molecule has 2 heterocycles. The van der Waals surface area contributed by atoms with E-state index in [0.29, 0.717) is 6.04 Å². The van der Waals surface area contributed by atoms with Crippen molar-refractivity contribution in [1.82, 2.24) is 19.6 Å². The van der Waals surface area contributed by atoms with Gasteiger partial charge in [-0.05, 0) is 65.1 Å². The fourth-order valence-corrected chi connectivity index (χ4v) is 4.17. The zero-order chi connectivity index (χ0) is 20.2. The standard InChI is InChI=1S/C21H44N4.C2H6/c1-19(2)25-17-15-23(16-18-25)9-6-7-20(3)21(4)8-10-24-13-11-22(5)12-14-24;1-2/h19-21H,6-18H2,1-5H3;1-2H3. The third-order valence-corrected chi connectivity index (χ3v) is 6.74. The first-order valence-corrected chi connectivity index (χ1v) is 11.8. The Bertz CT molecular complexity index is 344. The Labute approximate surface area is 171 Å². The van der Waals surface area contributed by atoms with Gasteiger partial charge in [0.2, 0.25) is 0 Å². The van der Waals surface area contributed by atoms with Crippen molar-refractivity contribution in [3.05, 3.63) is 0 Å². The summed E-state index contributed by atoms with van der Waals surface area (Å²) in [7, 11) is 2.24. The maximum absolute atomic E-state index is 2.68. The molecule has 0 bridgehead atoms. The fourth-order valence-electron chi connectivity index (χ4n) is 4.17. The molecule has 2 unspecified atom stereocenters. The first kappa shape index (κ1) is 24.9. The number of nitrogens with zero attached hydrogens (tertiary/aromatic N) is 4. The summed E-state index contributed by atoms with van der Waals surface area (Å²) in [5.41, 5.74) is 0. The van der Waals surface area contributed by atoms with Crippen molar-refractivity contribution >= 4 is 0 Å². The van der Waals surface area contributed by atoms with Crippen molar-refractivity contribution in [3.8, 4) is 0 Å². The number of likely N-dealkylation sites (N-methyl/N-ethyl adjacent to an activating group) is 1. The molecule has 0 N–H and O–H groups in total. The predicted molar refractivity (Wildman–Crippen MR) is 121 cm³/mol. The summed E-state index contributed by atoms with van der Waals surface area (Å²) in [5.74, 6) is 1.72. The monoisotopic (exact) mass is 382 g/mol. The molecule has 2 rings (SSSR count). The Morgan fingerprint density at radius 2 is 1.11 bits per heavy atom. The first-order valence-electron chi connectivity index (χ1n) is 11.8. The Morgan fingerprint density at radius 1 is 0.630 bits per heavy atom. The minimum atomic E-state index is 0.711. The number of hydrogen-bond acceptors (Lipinski definition) is 4. The highest BCUT2D eigenvalue weighted by Crippen LogP contribution is 2.21. The van der Waals surface area contributed by atoms with Crippen LogP contribution in [0.3, 0.4) is 0 Å². The molecule has 0 aromatic rings. The van der Waals surface area contributed by atoms with Gasteiger partial charge < -0.3 is 14.7 Å². The lowest BCUT2D eigenvalue weighted by molar-refractivity contribution is 0.105. The SMILES string of the molecule is CC.CC(CCCN1CCN(C(C)C)CC1)C(C)CCN1CCN(C)CC1. The van der Waals surface area contributed by atoms with Crippen LogP contribution in [0.15, 0.2) is 0 Å². The zero-order valence-electron chi connectivity index (χ0n) is 19.7. The van der Waals surface area contributed by atoms with Gasteiger partial charge in [-0.1, -0.05) is 27.7 Å². The van der Waals surface area contributed by atoms with Gasteiger partial charge in [-0.15, -0.1) is 0 Å². The molecule has 0 amide bonds. The van der Waals surface area contributed by atoms with Crippen LogP contribution in [0.4, 0.5) is 0 Å². The Hall–Kier alpha value is -0.160. The molecular formula is C23H50N4. The van der Waals surface area contributed by atoms with E-state index in [1.54, 1.807) is 0 Å². The second kappa shape index (κ2) is 13.9. The van der Waals surface area contributed by atoms with Crippen molar-refractivity contribution in [2.45, 2.75) is 66.8 Å². The second-order valence-corrected chi connectivity index (χ2v) is 9.00. The maximum atomic E-state index is 2.68. The first-order chi connectivity index (χ1) is 13.0. The van der Waals surface area contributed by atoms with Crippen molar-refractivity contribution in [2.24, 2.45) is 11.8 Å². The molecule has 0 aromatic heterocycles. The van der Waals surface area contributed by atoms with E-state index in [1.807, 2.05) is 13.8 Å². The smallest absolute Gasteiger partial charge is 0.0113 e. The van der Waals surface area contributed by atoms with Gasteiger partial charge in [-0.2, -0.15) is 0 Å². The van der Waals surface area contributed by atoms with Crippen LogP contribution in [0.25, 0.3) is 0 Å². The Kier molecular flexibility index (Phi) is 12.8. The molecular weight excluding hydrogens is 332 g/mol. The third-order valence-electron chi connectivity index (χ3n) is 6.74. The summed E-state index contributed by atoms with van der Waals surface area (Å²) in [6.45, 7) is 26.3.